The zero-order chi connectivity index (χ0) is 15.3. The van der Waals surface area contributed by atoms with Crippen molar-refractivity contribution in [2.45, 2.75) is 32.7 Å². The maximum absolute atomic E-state index is 13.4. The molecule has 0 aromatic heterocycles. The molecule has 110 valence electrons. The number of rotatable bonds is 6. The molecule has 0 fully saturated rings. The van der Waals surface area contributed by atoms with Crippen LogP contribution in [0.2, 0.25) is 0 Å². The average molecular weight is 285 g/mol. The third-order valence-electron chi connectivity index (χ3n) is 3.18. The average Bonchev–Trinajstić information content (AvgIpc) is 2.40. The normalized spacial score (nSPS) is 13.6. The number of hydrogen-bond acceptors (Lipinski definition) is 2. The standard InChI is InChI=1S/C14H17F2NO3/c1-3-8(2)13(14(19)20)17-11(18)7-9-5-4-6-10(15)12(9)16/h4-6,8,13H,3,7H2,1-2H3,(H,17,18)(H,19,20)/t8-,13-/m0/s1. The van der Waals surface area contributed by atoms with E-state index in [1.165, 1.54) is 12.1 Å². The van der Waals surface area contributed by atoms with Gasteiger partial charge < -0.3 is 10.4 Å². The second kappa shape index (κ2) is 6.98. The van der Waals surface area contributed by atoms with Crippen molar-refractivity contribution in [3.63, 3.8) is 0 Å². The van der Waals surface area contributed by atoms with Crippen molar-refractivity contribution in [3.05, 3.63) is 35.4 Å². The van der Waals surface area contributed by atoms with Crippen molar-refractivity contribution >= 4 is 11.9 Å². The van der Waals surface area contributed by atoms with Crippen LogP contribution in [0.3, 0.4) is 0 Å². The van der Waals surface area contributed by atoms with Crippen LogP contribution in [0.1, 0.15) is 25.8 Å². The summed E-state index contributed by atoms with van der Waals surface area (Å²) in [4.78, 5) is 22.8. The van der Waals surface area contributed by atoms with E-state index >= 15 is 0 Å². The minimum absolute atomic E-state index is 0.101. The third-order valence-corrected chi connectivity index (χ3v) is 3.18. The molecule has 6 heteroatoms. The maximum Gasteiger partial charge on any atom is 0.326 e. The molecule has 1 aromatic carbocycles. The second-order valence-corrected chi connectivity index (χ2v) is 4.66. The lowest BCUT2D eigenvalue weighted by atomic mass is 9.99. The van der Waals surface area contributed by atoms with Gasteiger partial charge in [-0.05, 0) is 12.0 Å². The quantitative estimate of drug-likeness (QED) is 0.841. The van der Waals surface area contributed by atoms with Crippen LogP contribution in [0.5, 0.6) is 0 Å². The van der Waals surface area contributed by atoms with Crippen molar-refractivity contribution < 1.29 is 23.5 Å². The molecule has 2 N–H and O–H groups in total. The number of benzene rings is 1. The first-order valence-electron chi connectivity index (χ1n) is 6.31. The van der Waals surface area contributed by atoms with Crippen molar-refractivity contribution in [1.29, 1.82) is 0 Å². The fraction of sp³-hybridized carbons (Fsp3) is 0.429. The van der Waals surface area contributed by atoms with Crippen molar-refractivity contribution in [1.82, 2.24) is 5.32 Å². The van der Waals surface area contributed by atoms with E-state index in [9.17, 15) is 18.4 Å². The van der Waals surface area contributed by atoms with Crippen molar-refractivity contribution in [3.8, 4) is 0 Å². The van der Waals surface area contributed by atoms with Crippen LogP contribution in [-0.2, 0) is 16.0 Å². The molecule has 0 unspecified atom stereocenters. The van der Waals surface area contributed by atoms with Crippen LogP contribution in [0.4, 0.5) is 8.78 Å². The summed E-state index contributed by atoms with van der Waals surface area (Å²) in [6.45, 7) is 3.50. The molecule has 0 spiro atoms. The fourth-order valence-corrected chi connectivity index (χ4v) is 1.77. The molecule has 1 rings (SSSR count). The molecule has 0 radical (unpaired) electrons. The molecule has 0 aliphatic carbocycles. The highest BCUT2D eigenvalue weighted by Gasteiger charge is 2.25. The smallest absolute Gasteiger partial charge is 0.326 e. The first kappa shape index (κ1) is 16.1. The number of nitrogens with one attached hydrogen (secondary N) is 1. The van der Waals surface area contributed by atoms with Crippen molar-refractivity contribution in [2.75, 3.05) is 0 Å². The molecule has 20 heavy (non-hydrogen) atoms. The minimum atomic E-state index is -1.15. The Bertz CT molecular complexity index is 505. The Balaban J connectivity index is 2.76. The predicted molar refractivity (Wildman–Crippen MR) is 69.1 cm³/mol. The molecule has 4 nitrogen and oxygen atoms in total. The number of aliphatic carboxylic acids is 1. The van der Waals surface area contributed by atoms with Crippen LogP contribution < -0.4 is 5.32 Å². The molecule has 1 amide bonds. The van der Waals surface area contributed by atoms with Crippen LogP contribution in [0.25, 0.3) is 0 Å². The number of carbonyl (C=O) groups is 2. The number of carboxylic acids is 1. The Labute approximate surface area is 115 Å². The highest BCUT2D eigenvalue weighted by Crippen LogP contribution is 2.13. The highest BCUT2D eigenvalue weighted by atomic mass is 19.2. The molecule has 0 heterocycles. The molecule has 0 saturated carbocycles. The topological polar surface area (TPSA) is 66.4 Å². The Morgan fingerprint density at radius 2 is 2.00 bits per heavy atom. The van der Waals surface area contributed by atoms with E-state index in [2.05, 4.69) is 5.32 Å². The van der Waals surface area contributed by atoms with Gasteiger partial charge in [0.15, 0.2) is 11.6 Å². The number of carbonyl (C=O) groups excluding carboxylic acids is 1. The SMILES string of the molecule is CC[C@H](C)[C@H](NC(=O)Cc1cccc(F)c1F)C(=O)O. The second-order valence-electron chi connectivity index (χ2n) is 4.66. The van der Waals surface area contributed by atoms with E-state index in [4.69, 9.17) is 5.11 Å². The lowest BCUT2D eigenvalue weighted by molar-refractivity contribution is -0.143. The Morgan fingerprint density at radius 1 is 1.35 bits per heavy atom. The van der Waals surface area contributed by atoms with Gasteiger partial charge in [-0.3, -0.25) is 4.79 Å². The number of halogens is 2. The molecule has 1 aromatic rings. The molecular weight excluding hydrogens is 268 g/mol. The summed E-state index contributed by atoms with van der Waals surface area (Å²) in [5, 5.41) is 11.4. The third kappa shape index (κ3) is 4.01. The van der Waals surface area contributed by atoms with E-state index in [-0.39, 0.29) is 11.5 Å². The van der Waals surface area contributed by atoms with Gasteiger partial charge in [0.1, 0.15) is 6.04 Å². The minimum Gasteiger partial charge on any atom is -0.480 e. The van der Waals surface area contributed by atoms with Crippen LogP contribution >= 0.6 is 0 Å². The number of carboxylic acid groups (broad SMARTS) is 1. The van der Waals surface area contributed by atoms with E-state index < -0.39 is 36.0 Å². The molecule has 2 atom stereocenters. The lowest BCUT2D eigenvalue weighted by Crippen LogP contribution is -2.45. The van der Waals surface area contributed by atoms with Gasteiger partial charge in [0.2, 0.25) is 5.91 Å². The number of amides is 1. The zero-order valence-corrected chi connectivity index (χ0v) is 11.3. The molecule has 0 aliphatic rings. The molecular formula is C14H17F2NO3. The van der Waals surface area contributed by atoms with E-state index in [1.54, 1.807) is 13.8 Å². The van der Waals surface area contributed by atoms with Crippen LogP contribution in [0.15, 0.2) is 18.2 Å². The van der Waals surface area contributed by atoms with Gasteiger partial charge in [-0.1, -0.05) is 32.4 Å². The van der Waals surface area contributed by atoms with Gasteiger partial charge in [0, 0.05) is 5.56 Å². The molecule has 0 bridgehead atoms. The Hall–Kier alpha value is -1.98. The Kier molecular flexibility index (Phi) is 5.61. The predicted octanol–water partition coefficient (Wildman–Crippen LogP) is 2.12. The summed E-state index contributed by atoms with van der Waals surface area (Å²) in [6.07, 6.45) is 0.176. The monoisotopic (exact) mass is 285 g/mol. The van der Waals surface area contributed by atoms with E-state index in [1.807, 2.05) is 0 Å². The molecule has 0 aliphatic heterocycles. The Morgan fingerprint density at radius 3 is 2.55 bits per heavy atom. The zero-order valence-electron chi connectivity index (χ0n) is 11.3. The van der Waals surface area contributed by atoms with Crippen LogP contribution in [0, 0.1) is 17.6 Å². The lowest BCUT2D eigenvalue weighted by Gasteiger charge is -2.20. The van der Waals surface area contributed by atoms with Gasteiger partial charge in [-0.15, -0.1) is 0 Å². The number of hydrogen-bond donors (Lipinski definition) is 2. The fourth-order valence-electron chi connectivity index (χ4n) is 1.77. The van der Waals surface area contributed by atoms with Crippen molar-refractivity contribution in [2.24, 2.45) is 5.92 Å². The van der Waals surface area contributed by atoms with E-state index in [0.717, 1.165) is 6.07 Å². The summed E-state index contributed by atoms with van der Waals surface area (Å²) < 4.78 is 26.4. The first-order chi connectivity index (χ1) is 9.36. The summed E-state index contributed by atoms with van der Waals surface area (Å²) in [6, 6.07) is 2.50. The van der Waals surface area contributed by atoms with Gasteiger partial charge in [-0.2, -0.15) is 0 Å². The summed E-state index contributed by atoms with van der Waals surface area (Å²) in [7, 11) is 0. The van der Waals surface area contributed by atoms with Gasteiger partial charge in [0.25, 0.3) is 0 Å². The largest absolute Gasteiger partial charge is 0.480 e. The van der Waals surface area contributed by atoms with Gasteiger partial charge in [0.05, 0.1) is 6.42 Å². The molecule has 0 saturated heterocycles. The summed E-state index contributed by atoms with van der Waals surface area (Å²) in [5.41, 5.74) is -0.101. The summed E-state index contributed by atoms with van der Waals surface area (Å²) in [5.74, 6) is -4.17. The van der Waals surface area contributed by atoms with Gasteiger partial charge >= 0.3 is 5.97 Å². The maximum atomic E-state index is 13.4. The van der Waals surface area contributed by atoms with Gasteiger partial charge in [-0.25, -0.2) is 13.6 Å². The van der Waals surface area contributed by atoms with E-state index in [0.29, 0.717) is 6.42 Å². The first-order valence-corrected chi connectivity index (χ1v) is 6.31. The van der Waals surface area contributed by atoms with Crippen LogP contribution in [-0.4, -0.2) is 23.0 Å². The highest BCUT2D eigenvalue weighted by molar-refractivity contribution is 5.85. The summed E-state index contributed by atoms with van der Waals surface area (Å²) >= 11 is 0.